The van der Waals surface area contributed by atoms with Gasteiger partial charge < -0.3 is 9.26 Å². The lowest BCUT2D eigenvalue weighted by Gasteiger charge is -2.03. The average molecular weight is 300 g/mol. The Kier molecular flexibility index (Phi) is 3.70. The van der Waals surface area contributed by atoms with E-state index in [-0.39, 0.29) is 5.91 Å². The number of amides is 1. The van der Waals surface area contributed by atoms with Crippen LogP contribution >= 0.6 is 11.3 Å². The third kappa shape index (κ3) is 2.95. The predicted molar refractivity (Wildman–Crippen MR) is 80.8 cm³/mol. The maximum atomic E-state index is 12.1. The number of nitrogens with zero attached hydrogens (tertiary/aromatic N) is 1. The molecule has 1 amide bonds. The first-order chi connectivity index (χ1) is 10.3. The molecule has 0 aliphatic heterocycles. The third-order valence-electron chi connectivity index (χ3n) is 2.90. The van der Waals surface area contributed by atoms with Gasteiger partial charge in [0.25, 0.3) is 5.91 Å². The van der Waals surface area contributed by atoms with Crippen LogP contribution in [0.15, 0.2) is 51.7 Å². The van der Waals surface area contributed by atoms with Crippen molar-refractivity contribution in [3.8, 4) is 17.0 Å². The third-order valence-corrected chi connectivity index (χ3v) is 3.58. The van der Waals surface area contributed by atoms with E-state index in [4.69, 9.17) is 9.26 Å². The molecule has 106 valence electrons. The zero-order chi connectivity index (χ0) is 14.7. The minimum absolute atomic E-state index is 0.276. The van der Waals surface area contributed by atoms with Crippen LogP contribution in [0.25, 0.3) is 11.3 Å². The molecule has 1 N–H and O–H groups in total. The quantitative estimate of drug-likeness (QED) is 0.798. The van der Waals surface area contributed by atoms with Crippen LogP contribution in [-0.4, -0.2) is 18.2 Å². The lowest BCUT2D eigenvalue weighted by Crippen LogP contribution is -2.11. The predicted octanol–water partition coefficient (Wildman–Crippen LogP) is 3.66. The van der Waals surface area contributed by atoms with Crippen molar-refractivity contribution in [3.63, 3.8) is 0 Å². The number of carbonyl (C=O) groups is 1. The van der Waals surface area contributed by atoms with Crippen LogP contribution in [-0.2, 0) is 0 Å². The zero-order valence-electron chi connectivity index (χ0n) is 11.2. The Morgan fingerprint density at radius 1 is 1.33 bits per heavy atom. The van der Waals surface area contributed by atoms with Crippen molar-refractivity contribution in [2.75, 3.05) is 12.4 Å². The molecule has 2 heterocycles. The Hall–Kier alpha value is -2.60. The van der Waals surface area contributed by atoms with Gasteiger partial charge in [-0.3, -0.25) is 10.1 Å². The van der Waals surface area contributed by atoms with Crippen LogP contribution in [0.4, 0.5) is 5.88 Å². The molecule has 0 aliphatic carbocycles. The minimum atomic E-state index is -0.276. The molecule has 0 radical (unpaired) electrons. The summed E-state index contributed by atoms with van der Waals surface area (Å²) in [4.78, 5) is 12.1. The highest BCUT2D eigenvalue weighted by Crippen LogP contribution is 2.24. The van der Waals surface area contributed by atoms with Crippen molar-refractivity contribution in [1.29, 1.82) is 0 Å². The molecular formula is C15H12N2O3S. The molecule has 5 nitrogen and oxygen atoms in total. The topological polar surface area (TPSA) is 64.4 Å². The zero-order valence-corrected chi connectivity index (χ0v) is 12.0. The van der Waals surface area contributed by atoms with Gasteiger partial charge in [0, 0.05) is 22.6 Å². The summed E-state index contributed by atoms with van der Waals surface area (Å²) in [6, 6.07) is 10.5. The highest BCUT2D eigenvalue weighted by atomic mass is 32.1. The number of anilines is 1. The second-order valence-corrected chi connectivity index (χ2v) is 5.05. The maximum Gasteiger partial charge on any atom is 0.258 e. The molecule has 0 saturated carbocycles. The maximum absolute atomic E-state index is 12.1. The van der Waals surface area contributed by atoms with Crippen molar-refractivity contribution < 1.29 is 14.1 Å². The van der Waals surface area contributed by atoms with Crippen LogP contribution in [0.3, 0.4) is 0 Å². The van der Waals surface area contributed by atoms with Gasteiger partial charge in [0.05, 0.1) is 7.11 Å². The first-order valence-corrected chi connectivity index (χ1v) is 7.15. The summed E-state index contributed by atoms with van der Waals surface area (Å²) >= 11 is 1.58. The van der Waals surface area contributed by atoms with Crippen LogP contribution in [0.2, 0.25) is 0 Å². The summed E-state index contributed by atoms with van der Waals surface area (Å²) in [5.74, 6) is 0.658. The van der Waals surface area contributed by atoms with E-state index in [1.807, 2.05) is 16.8 Å². The Morgan fingerprint density at radius 2 is 2.24 bits per heavy atom. The summed E-state index contributed by atoms with van der Waals surface area (Å²) in [7, 11) is 1.56. The number of hydrogen-bond donors (Lipinski definition) is 1. The van der Waals surface area contributed by atoms with Gasteiger partial charge in [0.1, 0.15) is 11.4 Å². The van der Waals surface area contributed by atoms with Gasteiger partial charge in [-0.05, 0) is 29.6 Å². The summed E-state index contributed by atoms with van der Waals surface area (Å²) in [6.45, 7) is 0. The number of benzene rings is 1. The SMILES string of the molecule is COc1cccc(C(=O)Nc2cc(-c3ccsc3)no2)c1. The first-order valence-electron chi connectivity index (χ1n) is 6.21. The summed E-state index contributed by atoms with van der Waals surface area (Å²) < 4.78 is 10.2. The number of nitrogens with one attached hydrogen (secondary N) is 1. The van der Waals surface area contributed by atoms with E-state index >= 15 is 0 Å². The van der Waals surface area contributed by atoms with Crippen LogP contribution in [0.1, 0.15) is 10.4 Å². The van der Waals surface area contributed by atoms with Crippen molar-refractivity contribution in [2.45, 2.75) is 0 Å². The van der Waals surface area contributed by atoms with E-state index in [2.05, 4.69) is 10.5 Å². The second kappa shape index (κ2) is 5.80. The summed E-state index contributed by atoms with van der Waals surface area (Å²) in [5.41, 5.74) is 2.14. The molecule has 0 spiro atoms. The van der Waals surface area contributed by atoms with Crippen LogP contribution in [0.5, 0.6) is 5.75 Å². The number of methoxy groups -OCH3 is 1. The monoisotopic (exact) mass is 300 g/mol. The van der Waals surface area contributed by atoms with Gasteiger partial charge >= 0.3 is 0 Å². The van der Waals surface area contributed by atoms with Gasteiger partial charge in [0.15, 0.2) is 0 Å². The highest BCUT2D eigenvalue weighted by molar-refractivity contribution is 7.08. The summed E-state index contributed by atoms with van der Waals surface area (Å²) in [5, 5.41) is 10.5. The second-order valence-electron chi connectivity index (χ2n) is 4.27. The van der Waals surface area contributed by atoms with E-state index in [0.29, 0.717) is 22.9 Å². The molecule has 6 heteroatoms. The first kappa shape index (κ1) is 13.4. The van der Waals surface area contributed by atoms with E-state index < -0.39 is 0 Å². The Bertz CT molecular complexity index is 750. The summed E-state index contributed by atoms with van der Waals surface area (Å²) in [6.07, 6.45) is 0. The van der Waals surface area contributed by atoms with Gasteiger partial charge in [-0.1, -0.05) is 11.2 Å². The van der Waals surface area contributed by atoms with Gasteiger partial charge in [-0.25, -0.2) is 0 Å². The number of carbonyl (C=O) groups excluding carboxylic acids is 1. The smallest absolute Gasteiger partial charge is 0.258 e. The molecule has 0 bridgehead atoms. The Balaban J connectivity index is 1.75. The highest BCUT2D eigenvalue weighted by Gasteiger charge is 2.12. The van der Waals surface area contributed by atoms with Crippen molar-refractivity contribution in [1.82, 2.24) is 5.16 Å². The molecule has 21 heavy (non-hydrogen) atoms. The van der Waals surface area contributed by atoms with Gasteiger partial charge in [-0.2, -0.15) is 11.3 Å². The molecule has 1 aromatic carbocycles. The Morgan fingerprint density at radius 3 is 3.00 bits per heavy atom. The van der Waals surface area contributed by atoms with Gasteiger partial charge in [0.2, 0.25) is 5.88 Å². The molecule has 2 aromatic heterocycles. The lowest BCUT2D eigenvalue weighted by atomic mass is 10.2. The molecule has 0 atom stereocenters. The number of rotatable bonds is 4. The fourth-order valence-electron chi connectivity index (χ4n) is 1.83. The number of aromatic nitrogens is 1. The van der Waals surface area contributed by atoms with E-state index in [1.165, 1.54) is 0 Å². The molecule has 3 aromatic rings. The van der Waals surface area contributed by atoms with Crippen molar-refractivity contribution in [2.24, 2.45) is 0 Å². The fraction of sp³-hybridized carbons (Fsp3) is 0.0667. The number of ether oxygens (including phenoxy) is 1. The molecule has 0 unspecified atom stereocenters. The molecular weight excluding hydrogens is 288 g/mol. The minimum Gasteiger partial charge on any atom is -0.497 e. The Labute approximate surface area is 125 Å². The van der Waals surface area contributed by atoms with Crippen molar-refractivity contribution in [3.05, 3.63) is 52.7 Å². The van der Waals surface area contributed by atoms with Crippen LogP contribution in [0, 0.1) is 0 Å². The standard InChI is InChI=1S/C15H12N2O3S/c1-19-12-4-2-3-10(7-12)15(18)16-14-8-13(17-20-14)11-5-6-21-9-11/h2-9H,1H3,(H,16,18). The van der Waals surface area contributed by atoms with Gasteiger partial charge in [-0.15, -0.1) is 0 Å². The van der Waals surface area contributed by atoms with E-state index in [9.17, 15) is 4.79 Å². The van der Waals surface area contributed by atoms with Crippen LogP contribution < -0.4 is 10.1 Å². The number of hydrogen-bond acceptors (Lipinski definition) is 5. The fourth-order valence-corrected chi connectivity index (χ4v) is 2.48. The molecule has 0 saturated heterocycles. The lowest BCUT2D eigenvalue weighted by molar-refractivity contribution is 0.102. The largest absolute Gasteiger partial charge is 0.497 e. The average Bonchev–Trinajstić information content (AvgIpc) is 3.18. The van der Waals surface area contributed by atoms with E-state index in [1.54, 1.807) is 48.8 Å². The normalized spacial score (nSPS) is 10.3. The molecule has 3 rings (SSSR count). The molecule has 0 fully saturated rings. The number of thiophene rings is 1. The molecule has 0 aliphatic rings. The van der Waals surface area contributed by atoms with Crippen molar-refractivity contribution >= 4 is 23.1 Å². The van der Waals surface area contributed by atoms with E-state index in [0.717, 1.165) is 5.56 Å².